The van der Waals surface area contributed by atoms with Crippen molar-refractivity contribution in [3.8, 4) is 5.88 Å². The molecule has 198 valence electrons. The summed E-state index contributed by atoms with van der Waals surface area (Å²) < 4.78 is 21.2. The summed E-state index contributed by atoms with van der Waals surface area (Å²) in [5, 5.41) is 1.56. The van der Waals surface area contributed by atoms with E-state index in [0.717, 1.165) is 40.6 Å². The first-order chi connectivity index (χ1) is 19.2. The monoisotopic (exact) mass is 537 g/mol. The average Bonchev–Trinajstić information content (AvgIpc) is 3.66. The molecular formula is C32H31N3O3S. The Kier molecular flexibility index (Phi) is 7.37. The molecule has 0 N–H and O–H groups in total. The first-order valence-electron chi connectivity index (χ1n) is 13.2. The normalized spacial score (nSPS) is 17.5. The van der Waals surface area contributed by atoms with Crippen molar-refractivity contribution in [1.29, 1.82) is 0 Å². The zero-order valence-corrected chi connectivity index (χ0v) is 22.9. The van der Waals surface area contributed by atoms with E-state index < -0.39 is 5.60 Å². The van der Waals surface area contributed by atoms with Crippen LogP contribution in [0.1, 0.15) is 35.8 Å². The van der Waals surface area contributed by atoms with Crippen LogP contribution in [0.15, 0.2) is 108 Å². The molecule has 5 aromatic rings. The zero-order chi connectivity index (χ0) is 26.7. The lowest BCUT2D eigenvalue weighted by Crippen LogP contribution is -2.35. The second-order valence-electron chi connectivity index (χ2n) is 9.56. The first kappa shape index (κ1) is 25.6. The molecular weight excluding hydrogens is 506 g/mol. The number of methoxy groups -OCH3 is 1. The molecule has 2 atom stereocenters. The largest absolute Gasteiger partial charge is 0.480 e. The van der Waals surface area contributed by atoms with E-state index in [1.54, 1.807) is 7.11 Å². The van der Waals surface area contributed by atoms with Gasteiger partial charge in [-0.15, -0.1) is 0 Å². The van der Waals surface area contributed by atoms with Gasteiger partial charge in [0, 0.05) is 6.20 Å². The molecule has 0 unspecified atom stereocenters. The van der Waals surface area contributed by atoms with Crippen molar-refractivity contribution >= 4 is 22.8 Å². The van der Waals surface area contributed by atoms with E-state index in [1.165, 1.54) is 11.8 Å². The van der Waals surface area contributed by atoms with Gasteiger partial charge < -0.3 is 18.8 Å². The number of hydrogen-bond acceptors (Lipinski definition) is 6. The number of thioether (sulfide) groups is 1. The van der Waals surface area contributed by atoms with E-state index in [2.05, 4.69) is 82.3 Å². The molecule has 2 aromatic heterocycles. The fourth-order valence-corrected chi connectivity index (χ4v) is 5.82. The van der Waals surface area contributed by atoms with Crippen molar-refractivity contribution in [2.24, 2.45) is 0 Å². The van der Waals surface area contributed by atoms with E-state index in [9.17, 15) is 0 Å². The highest BCUT2D eigenvalue weighted by molar-refractivity contribution is 7.98. The van der Waals surface area contributed by atoms with Crippen molar-refractivity contribution in [2.75, 3.05) is 20.0 Å². The van der Waals surface area contributed by atoms with Gasteiger partial charge in [-0.05, 0) is 41.9 Å². The van der Waals surface area contributed by atoms with Crippen LogP contribution in [0.3, 0.4) is 0 Å². The fraction of sp³-hybridized carbons (Fsp3) is 0.250. The molecule has 1 aliphatic heterocycles. The van der Waals surface area contributed by atoms with E-state index >= 15 is 0 Å². The van der Waals surface area contributed by atoms with Gasteiger partial charge in [0.05, 0.1) is 25.2 Å². The third kappa shape index (κ3) is 4.82. The molecule has 1 fully saturated rings. The summed E-state index contributed by atoms with van der Waals surface area (Å²) in [6, 6.07) is 33.4. The molecule has 0 bridgehead atoms. The molecule has 1 saturated heterocycles. The number of ether oxygens (including phenoxy) is 3. The number of hydrogen-bond donors (Lipinski definition) is 0. The van der Waals surface area contributed by atoms with Gasteiger partial charge in [-0.1, -0.05) is 103 Å². The van der Waals surface area contributed by atoms with Crippen molar-refractivity contribution in [1.82, 2.24) is 14.5 Å². The Hall–Kier alpha value is -3.65. The maximum Gasteiger partial charge on any atom is 0.226 e. The molecule has 3 aromatic carbocycles. The van der Waals surface area contributed by atoms with Gasteiger partial charge in [0.2, 0.25) is 5.88 Å². The average molecular weight is 538 g/mol. The molecule has 6 nitrogen and oxygen atoms in total. The third-order valence-electron chi connectivity index (χ3n) is 7.31. The van der Waals surface area contributed by atoms with Crippen molar-refractivity contribution in [3.63, 3.8) is 0 Å². The van der Waals surface area contributed by atoms with E-state index in [4.69, 9.17) is 19.2 Å². The van der Waals surface area contributed by atoms with E-state index in [1.807, 2.05) is 36.7 Å². The standard InChI is InChI=1S/C32H31N3O3S/c1-36-30-27-20-21-35(29(27)33-31(34-30)39-2)28-19-18-26(38-28)22-37-32(23-12-6-3-7-13-23,24-14-8-4-9-15-24)25-16-10-5-11-17-25/h3-17,20-21,26,28H,18-19,22H2,1-2H3/t26-,28+/m0/s1. The quantitative estimate of drug-likeness (QED) is 0.116. The van der Waals surface area contributed by atoms with Crippen molar-refractivity contribution in [3.05, 3.63) is 120 Å². The Morgan fingerprint density at radius 3 is 1.97 bits per heavy atom. The Balaban J connectivity index is 1.31. The number of benzene rings is 3. The number of nitrogens with zero attached hydrogens (tertiary/aromatic N) is 3. The SMILES string of the molecule is COc1nc(SC)nc2c1ccn2[C@H]1CC[C@@H](COC(c2ccccc2)(c2ccccc2)c2ccccc2)O1. The minimum absolute atomic E-state index is 0.0632. The van der Waals surface area contributed by atoms with Gasteiger partial charge in [-0.3, -0.25) is 0 Å². The van der Waals surface area contributed by atoms with Crippen LogP contribution in [0.2, 0.25) is 0 Å². The van der Waals surface area contributed by atoms with Gasteiger partial charge in [-0.2, -0.15) is 4.98 Å². The molecule has 0 saturated carbocycles. The van der Waals surface area contributed by atoms with Crippen LogP contribution in [-0.2, 0) is 15.1 Å². The minimum atomic E-state index is -0.765. The van der Waals surface area contributed by atoms with Crippen LogP contribution < -0.4 is 4.74 Å². The third-order valence-corrected chi connectivity index (χ3v) is 7.86. The molecule has 39 heavy (non-hydrogen) atoms. The highest BCUT2D eigenvalue weighted by atomic mass is 32.2. The predicted molar refractivity (Wildman–Crippen MR) is 154 cm³/mol. The van der Waals surface area contributed by atoms with Crippen LogP contribution in [0.4, 0.5) is 0 Å². The second kappa shape index (κ2) is 11.2. The van der Waals surface area contributed by atoms with E-state index in [0.29, 0.717) is 17.6 Å². The van der Waals surface area contributed by atoms with Crippen LogP contribution >= 0.6 is 11.8 Å². The summed E-state index contributed by atoms with van der Waals surface area (Å²) >= 11 is 1.50. The fourth-order valence-electron chi connectivity index (χ4n) is 5.47. The molecule has 3 heterocycles. The van der Waals surface area contributed by atoms with Gasteiger partial charge in [0.15, 0.2) is 10.8 Å². The summed E-state index contributed by atoms with van der Waals surface area (Å²) in [5.41, 5.74) is 3.31. The summed E-state index contributed by atoms with van der Waals surface area (Å²) in [7, 11) is 1.64. The number of fused-ring (bicyclic) bond motifs is 1. The number of rotatable bonds is 9. The minimum Gasteiger partial charge on any atom is -0.480 e. The highest BCUT2D eigenvalue weighted by Crippen LogP contribution is 2.42. The first-order valence-corrected chi connectivity index (χ1v) is 14.4. The predicted octanol–water partition coefficient (Wildman–Crippen LogP) is 6.85. The molecule has 7 heteroatoms. The van der Waals surface area contributed by atoms with Gasteiger partial charge >= 0.3 is 0 Å². The summed E-state index contributed by atoms with van der Waals surface area (Å²) in [6.45, 7) is 0.447. The van der Waals surface area contributed by atoms with Gasteiger partial charge in [0.1, 0.15) is 11.8 Å². The summed E-state index contributed by atoms with van der Waals surface area (Å²) in [5.74, 6) is 0.583. The molecule has 6 rings (SSSR count). The second-order valence-corrected chi connectivity index (χ2v) is 10.3. The topological polar surface area (TPSA) is 58.4 Å². The molecule has 0 aliphatic carbocycles. The lowest BCUT2D eigenvalue weighted by Gasteiger charge is -2.36. The molecule has 0 spiro atoms. The van der Waals surface area contributed by atoms with Gasteiger partial charge in [0.25, 0.3) is 0 Å². The smallest absolute Gasteiger partial charge is 0.226 e. The maximum absolute atomic E-state index is 7.01. The van der Waals surface area contributed by atoms with Crippen LogP contribution in [0.25, 0.3) is 11.0 Å². The Morgan fingerprint density at radius 1 is 0.846 bits per heavy atom. The lowest BCUT2D eigenvalue weighted by molar-refractivity contribution is -0.0755. The van der Waals surface area contributed by atoms with E-state index in [-0.39, 0.29) is 12.3 Å². The van der Waals surface area contributed by atoms with Crippen LogP contribution in [0, 0.1) is 0 Å². The molecule has 1 aliphatic rings. The Bertz CT molecular complexity index is 1430. The molecule has 0 amide bonds. The van der Waals surface area contributed by atoms with Gasteiger partial charge in [-0.25, -0.2) is 4.98 Å². The Labute approximate surface area is 233 Å². The van der Waals surface area contributed by atoms with Crippen molar-refractivity contribution < 1.29 is 14.2 Å². The Morgan fingerprint density at radius 2 is 1.44 bits per heavy atom. The highest BCUT2D eigenvalue weighted by Gasteiger charge is 2.39. The van der Waals surface area contributed by atoms with Crippen molar-refractivity contribution in [2.45, 2.75) is 35.9 Å². The number of aromatic nitrogens is 3. The van der Waals surface area contributed by atoms with Crippen LogP contribution in [-0.4, -0.2) is 40.6 Å². The molecule has 0 radical (unpaired) electrons. The zero-order valence-electron chi connectivity index (χ0n) is 22.1. The maximum atomic E-state index is 7.01. The summed E-state index contributed by atoms with van der Waals surface area (Å²) in [6.07, 6.45) is 5.54. The van der Waals surface area contributed by atoms with Crippen LogP contribution in [0.5, 0.6) is 5.88 Å². The summed E-state index contributed by atoms with van der Waals surface area (Å²) in [4.78, 5) is 9.25. The lowest BCUT2D eigenvalue weighted by atomic mass is 9.80.